The zero-order chi connectivity index (χ0) is 20.9. The number of amides is 2. The summed E-state index contributed by atoms with van der Waals surface area (Å²) >= 11 is 1.71. The summed E-state index contributed by atoms with van der Waals surface area (Å²) in [4.78, 5) is 13.7. The van der Waals surface area contributed by atoms with Crippen LogP contribution in [-0.4, -0.2) is 30.0 Å². The molecule has 2 N–H and O–H groups in total. The van der Waals surface area contributed by atoms with Crippen LogP contribution in [0.1, 0.15) is 37.4 Å². The number of nitrogens with zero attached hydrogens (tertiary/aromatic N) is 2. The lowest BCUT2D eigenvalue weighted by Crippen LogP contribution is -2.28. The molecular weight excluding hydrogens is 400 g/mol. The lowest BCUT2D eigenvalue weighted by atomic mass is 10.2. The Labute approximate surface area is 180 Å². The minimum Gasteiger partial charge on any atom is -0.493 e. The lowest BCUT2D eigenvalue weighted by Gasteiger charge is -2.14. The number of carbonyl (C=O) groups excluding carboxylic acids is 1. The van der Waals surface area contributed by atoms with Crippen molar-refractivity contribution < 1.29 is 14.3 Å². The highest BCUT2D eigenvalue weighted by atomic mass is 32.1. The molecule has 1 aromatic carbocycles. The van der Waals surface area contributed by atoms with Gasteiger partial charge in [0.05, 0.1) is 48.8 Å². The second-order valence-corrected chi connectivity index (χ2v) is 8.18. The van der Waals surface area contributed by atoms with Gasteiger partial charge >= 0.3 is 6.03 Å². The number of para-hydroxylation sites is 1. The second-order valence-electron chi connectivity index (χ2n) is 7.23. The van der Waals surface area contributed by atoms with Crippen LogP contribution in [0.4, 0.5) is 10.5 Å². The van der Waals surface area contributed by atoms with Gasteiger partial charge in [-0.15, -0.1) is 11.3 Å². The Bertz CT molecular complexity index is 994. The number of rotatable bonds is 7. The largest absolute Gasteiger partial charge is 0.493 e. The summed E-state index contributed by atoms with van der Waals surface area (Å²) in [5, 5.41) is 12.6. The molecule has 0 saturated heterocycles. The van der Waals surface area contributed by atoms with Crippen LogP contribution < -0.4 is 20.1 Å². The smallest absolute Gasteiger partial charge is 0.319 e. The van der Waals surface area contributed by atoms with E-state index in [2.05, 4.69) is 38.9 Å². The van der Waals surface area contributed by atoms with Crippen molar-refractivity contribution in [3.63, 3.8) is 0 Å². The third kappa shape index (κ3) is 4.28. The number of urea groups is 1. The third-order valence-corrected chi connectivity index (χ3v) is 6.20. The number of benzene rings is 1. The van der Waals surface area contributed by atoms with Gasteiger partial charge in [0, 0.05) is 0 Å². The lowest BCUT2D eigenvalue weighted by molar-refractivity contribution is 0.251. The molecular formula is C22H26N4O3S. The fraction of sp³-hybridized carbons (Fsp3) is 0.364. The molecule has 0 spiro atoms. The molecule has 8 heteroatoms. The highest BCUT2D eigenvalue weighted by Gasteiger charge is 2.22. The molecule has 2 heterocycles. The van der Waals surface area contributed by atoms with Gasteiger partial charge in [0.2, 0.25) is 0 Å². The summed E-state index contributed by atoms with van der Waals surface area (Å²) in [6, 6.07) is 11.7. The molecule has 158 valence electrons. The van der Waals surface area contributed by atoms with E-state index in [1.807, 2.05) is 0 Å². The van der Waals surface area contributed by atoms with Gasteiger partial charge in [-0.3, -0.25) is 4.68 Å². The van der Waals surface area contributed by atoms with E-state index < -0.39 is 0 Å². The molecule has 30 heavy (non-hydrogen) atoms. The number of ether oxygens (including phenoxy) is 2. The number of anilines is 1. The first-order chi connectivity index (χ1) is 14.7. The number of aromatic nitrogens is 2. The topological polar surface area (TPSA) is 77.4 Å². The summed E-state index contributed by atoms with van der Waals surface area (Å²) < 4.78 is 12.8. The van der Waals surface area contributed by atoms with Crippen molar-refractivity contribution in [1.82, 2.24) is 15.1 Å². The highest BCUT2D eigenvalue weighted by molar-refractivity contribution is 7.13. The quantitative estimate of drug-likeness (QED) is 0.553. The molecule has 0 radical (unpaired) electrons. The van der Waals surface area contributed by atoms with Crippen molar-refractivity contribution in [2.45, 2.75) is 38.3 Å². The average molecular weight is 427 g/mol. The fourth-order valence-corrected chi connectivity index (χ4v) is 4.62. The molecule has 1 saturated carbocycles. The van der Waals surface area contributed by atoms with Gasteiger partial charge in [-0.05, 0) is 42.5 Å². The molecule has 2 amide bonds. The number of carbonyl (C=O) groups is 1. The maximum atomic E-state index is 12.5. The Morgan fingerprint density at radius 3 is 2.73 bits per heavy atom. The van der Waals surface area contributed by atoms with E-state index in [1.165, 1.54) is 17.7 Å². The molecule has 0 aliphatic heterocycles. The van der Waals surface area contributed by atoms with Gasteiger partial charge in [0.15, 0.2) is 11.5 Å². The summed E-state index contributed by atoms with van der Waals surface area (Å²) in [5.41, 5.74) is 2.52. The van der Waals surface area contributed by atoms with Crippen LogP contribution in [-0.2, 0) is 6.54 Å². The minimum absolute atomic E-state index is 0.324. The van der Waals surface area contributed by atoms with Gasteiger partial charge in [-0.1, -0.05) is 25.0 Å². The van der Waals surface area contributed by atoms with Crippen LogP contribution >= 0.6 is 11.3 Å². The molecule has 1 aliphatic carbocycles. The van der Waals surface area contributed by atoms with Gasteiger partial charge in [0.25, 0.3) is 0 Å². The monoisotopic (exact) mass is 426 g/mol. The van der Waals surface area contributed by atoms with Crippen molar-refractivity contribution in [3.8, 4) is 22.1 Å². The van der Waals surface area contributed by atoms with Crippen molar-refractivity contribution in [3.05, 3.63) is 47.5 Å². The molecule has 2 aromatic heterocycles. The van der Waals surface area contributed by atoms with Crippen LogP contribution in [0.3, 0.4) is 0 Å². The maximum Gasteiger partial charge on any atom is 0.319 e. The Morgan fingerprint density at radius 1 is 1.20 bits per heavy atom. The van der Waals surface area contributed by atoms with E-state index >= 15 is 0 Å². The predicted molar refractivity (Wildman–Crippen MR) is 118 cm³/mol. The first kappa shape index (κ1) is 20.3. The maximum absolute atomic E-state index is 12.5. The zero-order valence-electron chi connectivity index (χ0n) is 17.2. The minimum atomic E-state index is -0.324. The molecule has 3 aromatic rings. The summed E-state index contributed by atoms with van der Waals surface area (Å²) in [7, 11) is 3.11. The highest BCUT2D eigenvalue weighted by Crippen LogP contribution is 2.36. The molecule has 4 rings (SSSR count). The molecule has 0 atom stereocenters. The number of hydrogen-bond acceptors (Lipinski definition) is 5. The van der Waals surface area contributed by atoms with Gasteiger partial charge in [-0.2, -0.15) is 5.10 Å². The van der Waals surface area contributed by atoms with E-state index in [9.17, 15) is 4.79 Å². The van der Waals surface area contributed by atoms with Crippen molar-refractivity contribution >= 4 is 23.1 Å². The Morgan fingerprint density at radius 2 is 2.03 bits per heavy atom. The summed E-state index contributed by atoms with van der Waals surface area (Å²) in [6.45, 7) is 0.343. The van der Waals surface area contributed by atoms with Crippen LogP contribution in [0.5, 0.6) is 11.5 Å². The number of hydrogen-bond donors (Lipinski definition) is 2. The molecule has 1 aliphatic rings. The summed E-state index contributed by atoms with van der Waals surface area (Å²) in [6.07, 6.45) is 4.80. The number of methoxy groups -OCH3 is 2. The zero-order valence-corrected chi connectivity index (χ0v) is 18.0. The first-order valence-electron chi connectivity index (χ1n) is 10.1. The first-order valence-corrected chi connectivity index (χ1v) is 11.0. The Balaban J connectivity index is 1.46. The normalized spacial score (nSPS) is 13.9. The predicted octanol–water partition coefficient (Wildman–Crippen LogP) is 5.07. The third-order valence-electron chi connectivity index (χ3n) is 5.31. The SMILES string of the molecule is COc1cccc(NC(=O)NCc2cc(-c3cccs3)n(C3CCCC3)n2)c1OC. The standard InChI is InChI=1S/C22H26N4O3S/c1-28-19-10-5-9-17(21(19)29-2)24-22(27)23-14-15-13-18(20-11-6-12-30-20)26(25-15)16-7-3-4-8-16/h5-6,9-13,16H,3-4,7-8,14H2,1-2H3,(H2,23,24,27). The second kappa shape index (κ2) is 9.21. The van der Waals surface area contributed by atoms with E-state index in [4.69, 9.17) is 14.6 Å². The summed E-state index contributed by atoms with van der Waals surface area (Å²) in [5.74, 6) is 1.05. The molecule has 0 bridgehead atoms. The molecule has 1 fully saturated rings. The van der Waals surface area contributed by atoms with Crippen LogP contribution in [0.25, 0.3) is 10.6 Å². The molecule has 0 unspecified atom stereocenters. The van der Waals surface area contributed by atoms with Crippen LogP contribution in [0.15, 0.2) is 41.8 Å². The van der Waals surface area contributed by atoms with Gasteiger partial charge < -0.3 is 20.1 Å². The Hall–Kier alpha value is -3.00. The van der Waals surface area contributed by atoms with E-state index in [1.54, 1.807) is 43.8 Å². The van der Waals surface area contributed by atoms with Gasteiger partial charge in [0.1, 0.15) is 0 Å². The van der Waals surface area contributed by atoms with Crippen molar-refractivity contribution in [1.29, 1.82) is 0 Å². The van der Waals surface area contributed by atoms with E-state index in [0.717, 1.165) is 24.2 Å². The Kier molecular flexibility index (Phi) is 6.23. The number of nitrogens with one attached hydrogen (secondary N) is 2. The van der Waals surface area contributed by atoms with Crippen LogP contribution in [0.2, 0.25) is 0 Å². The van der Waals surface area contributed by atoms with E-state index in [0.29, 0.717) is 29.8 Å². The van der Waals surface area contributed by atoms with Gasteiger partial charge in [-0.25, -0.2) is 4.79 Å². The fourth-order valence-electron chi connectivity index (χ4n) is 3.89. The van der Waals surface area contributed by atoms with Crippen molar-refractivity contribution in [2.75, 3.05) is 19.5 Å². The number of thiophene rings is 1. The average Bonchev–Trinajstić information content (AvgIpc) is 3.52. The molecule has 7 nitrogen and oxygen atoms in total. The van der Waals surface area contributed by atoms with Crippen molar-refractivity contribution in [2.24, 2.45) is 0 Å². The van der Waals surface area contributed by atoms with Crippen LogP contribution in [0, 0.1) is 0 Å². The van der Waals surface area contributed by atoms with E-state index in [-0.39, 0.29) is 6.03 Å².